The molecule has 0 radical (unpaired) electrons. The molecule has 0 N–H and O–H groups in total. The van der Waals surface area contributed by atoms with Gasteiger partial charge < -0.3 is 0 Å². The van der Waals surface area contributed by atoms with Crippen molar-refractivity contribution in [3.8, 4) is 0 Å². The summed E-state index contributed by atoms with van der Waals surface area (Å²) in [5.74, 6) is 4.91. The molecule has 0 saturated heterocycles. The van der Waals surface area contributed by atoms with Crippen LogP contribution in [0, 0.1) is 17.8 Å². The highest BCUT2D eigenvalue weighted by molar-refractivity contribution is 7.99. The smallest absolute Gasteiger partial charge is 0.00781 e. The van der Waals surface area contributed by atoms with Crippen LogP contribution in [0.25, 0.3) is 0 Å². The molecule has 3 aliphatic carbocycles. The van der Waals surface area contributed by atoms with Crippen molar-refractivity contribution >= 4 is 11.8 Å². The first-order chi connectivity index (χ1) is 5.92. The van der Waals surface area contributed by atoms with Crippen LogP contribution in [-0.4, -0.2) is 11.0 Å². The van der Waals surface area contributed by atoms with Crippen molar-refractivity contribution in [1.82, 2.24) is 0 Å². The van der Waals surface area contributed by atoms with Gasteiger partial charge in [-0.3, -0.25) is 0 Å². The van der Waals surface area contributed by atoms with E-state index in [0.29, 0.717) is 0 Å². The highest BCUT2D eigenvalue weighted by Crippen LogP contribution is 2.50. The van der Waals surface area contributed by atoms with Crippen molar-refractivity contribution < 1.29 is 0 Å². The summed E-state index contributed by atoms with van der Waals surface area (Å²) >= 11 is 2.32. The van der Waals surface area contributed by atoms with Crippen molar-refractivity contribution in [3.05, 3.63) is 0 Å². The molecule has 0 aliphatic heterocycles. The average molecular weight is 182 g/mol. The molecule has 3 atom stereocenters. The number of thioether (sulfide) groups is 1. The molecule has 3 saturated carbocycles. The molecular formula is C11H18S. The Hall–Kier alpha value is 0.350. The fourth-order valence-electron chi connectivity index (χ4n) is 2.93. The van der Waals surface area contributed by atoms with Crippen LogP contribution in [-0.2, 0) is 0 Å². The molecule has 0 amide bonds. The molecule has 3 rings (SSSR count). The standard InChI is InChI=1S/C11H18S/c1-2-8(1)7-12-11-6-9-3-4-10(11)5-9/h8-11H,1-7H2. The van der Waals surface area contributed by atoms with E-state index in [4.69, 9.17) is 0 Å². The van der Waals surface area contributed by atoms with E-state index in [-0.39, 0.29) is 0 Å². The zero-order chi connectivity index (χ0) is 7.97. The summed E-state index contributed by atoms with van der Waals surface area (Å²) in [7, 11) is 0. The Kier molecular flexibility index (Phi) is 1.89. The van der Waals surface area contributed by atoms with Gasteiger partial charge in [-0.05, 0) is 55.6 Å². The second kappa shape index (κ2) is 2.94. The van der Waals surface area contributed by atoms with Crippen LogP contribution in [0.2, 0.25) is 0 Å². The van der Waals surface area contributed by atoms with E-state index in [1.807, 2.05) is 0 Å². The zero-order valence-corrected chi connectivity index (χ0v) is 8.48. The Bertz CT molecular complexity index is 174. The summed E-state index contributed by atoms with van der Waals surface area (Å²) in [6.07, 6.45) is 9.35. The van der Waals surface area contributed by atoms with Gasteiger partial charge in [-0.2, -0.15) is 11.8 Å². The lowest BCUT2D eigenvalue weighted by Gasteiger charge is -2.20. The van der Waals surface area contributed by atoms with E-state index in [1.54, 1.807) is 25.7 Å². The fraction of sp³-hybridized carbons (Fsp3) is 1.00. The summed E-state index contributed by atoms with van der Waals surface area (Å²) in [5.41, 5.74) is 0. The van der Waals surface area contributed by atoms with Gasteiger partial charge >= 0.3 is 0 Å². The van der Waals surface area contributed by atoms with E-state index in [1.165, 1.54) is 18.6 Å². The van der Waals surface area contributed by atoms with Gasteiger partial charge in [0.05, 0.1) is 0 Å². The minimum absolute atomic E-state index is 1.09. The van der Waals surface area contributed by atoms with Gasteiger partial charge in [0, 0.05) is 5.25 Å². The predicted molar refractivity (Wildman–Crippen MR) is 54.4 cm³/mol. The minimum atomic E-state index is 1.09. The van der Waals surface area contributed by atoms with Crippen LogP contribution in [0.4, 0.5) is 0 Å². The normalized spacial score (nSPS) is 45.5. The van der Waals surface area contributed by atoms with Gasteiger partial charge in [-0.1, -0.05) is 6.42 Å². The van der Waals surface area contributed by atoms with E-state index < -0.39 is 0 Å². The summed E-state index contributed by atoms with van der Waals surface area (Å²) in [6.45, 7) is 0. The van der Waals surface area contributed by atoms with E-state index in [0.717, 1.165) is 23.0 Å². The molecule has 3 fully saturated rings. The number of hydrogen-bond donors (Lipinski definition) is 0. The number of fused-ring (bicyclic) bond motifs is 2. The van der Waals surface area contributed by atoms with Crippen LogP contribution in [0.3, 0.4) is 0 Å². The predicted octanol–water partition coefficient (Wildman–Crippen LogP) is 3.32. The summed E-state index contributed by atoms with van der Waals surface area (Å²) in [5, 5.41) is 1.09. The van der Waals surface area contributed by atoms with Crippen LogP contribution >= 0.6 is 11.8 Å². The molecule has 0 aromatic heterocycles. The monoisotopic (exact) mass is 182 g/mol. The highest BCUT2D eigenvalue weighted by Gasteiger charge is 2.40. The van der Waals surface area contributed by atoms with E-state index >= 15 is 0 Å². The van der Waals surface area contributed by atoms with Crippen LogP contribution in [0.1, 0.15) is 38.5 Å². The van der Waals surface area contributed by atoms with Gasteiger partial charge in [0.15, 0.2) is 0 Å². The van der Waals surface area contributed by atoms with Gasteiger partial charge in [0.25, 0.3) is 0 Å². The molecule has 0 aromatic rings. The topological polar surface area (TPSA) is 0 Å². The Labute approximate surface area is 79.5 Å². The SMILES string of the molecule is C1CC1CSC1CC2CCC1C2. The van der Waals surface area contributed by atoms with E-state index in [2.05, 4.69) is 11.8 Å². The van der Waals surface area contributed by atoms with Gasteiger partial charge in [0.2, 0.25) is 0 Å². The Morgan fingerprint density at radius 1 is 1.00 bits per heavy atom. The van der Waals surface area contributed by atoms with Gasteiger partial charge in [-0.15, -0.1) is 0 Å². The first kappa shape index (κ1) is 7.73. The maximum atomic E-state index is 2.32. The molecule has 0 heterocycles. The average Bonchev–Trinajstić information content (AvgIpc) is 2.69. The fourth-order valence-corrected chi connectivity index (χ4v) is 4.71. The van der Waals surface area contributed by atoms with Crippen LogP contribution in [0.5, 0.6) is 0 Å². The summed E-state index contributed by atoms with van der Waals surface area (Å²) < 4.78 is 0. The maximum Gasteiger partial charge on any atom is 0.00781 e. The molecule has 68 valence electrons. The lowest BCUT2D eigenvalue weighted by molar-refractivity contribution is 0.492. The summed E-state index contributed by atoms with van der Waals surface area (Å²) in [4.78, 5) is 0. The van der Waals surface area contributed by atoms with Gasteiger partial charge in [0.1, 0.15) is 0 Å². The largest absolute Gasteiger partial charge is 0.158 e. The Balaban J connectivity index is 1.50. The zero-order valence-electron chi connectivity index (χ0n) is 7.67. The molecule has 2 bridgehead atoms. The molecule has 3 unspecified atom stereocenters. The van der Waals surface area contributed by atoms with Crippen molar-refractivity contribution in [2.45, 2.75) is 43.8 Å². The van der Waals surface area contributed by atoms with Crippen LogP contribution in [0.15, 0.2) is 0 Å². The molecule has 0 nitrogen and oxygen atoms in total. The molecule has 1 heteroatoms. The third-order valence-electron chi connectivity index (χ3n) is 3.92. The third kappa shape index (κ3) is 1.41. The Morgan fingerprint density at radius 2 is 1.92 bits per heavy atom. The molecule has 0 spiro atoms. The van der Waals surface area contributed by atoms with Crippen LogP contribution < -0.4 is 0 Å². The van der Waals surface area contributed by atoms with Crippen molar-refractivity contribution in [2.75, 3.05) is 5.75 Å². The Morgan fingerprint density at radius 3 is 2.50 bits per heavy atom. The highest BCUT2D eigenvalue weighted by atomic mass is 32.2. The molecule has 0 aromatic carbocycles. The number of hydrogen-bond acceptors (Lipinski definition) is 1. The van der Waals surface area contributed by atoms with Gasteiger partial charge in [-0.25, -0.2) is 0 Å². The second-order valence-electron chi connectivity index (χ2n) is 4.99. The first-order valence-corrected chi connectivity index (χ1v) is 6.58. The summed E-state index contributed by atoms with van der Waals surface area (Å²) in [6, 6.07) is 0. The van der Waals surface area contributed by atoms with E-state index in [9.17, 15) is 0 Å². The quantitative estimate of drug-likeness (QED) is 0.645. The maximum absolute atomic E-state index is 2.32. The molecule has 3 aliphatic rings. The first-order valence-electron chi connectivity index (χ1n) is 5.53. The lowest BCUT2D eigenvalue weighted by Crippen LogP contribution is -2.13. The molecule has 12 heavy (non-hydrogen) atoms. The number of rotatable bonds is 3. The second-order valence-corrected chi connectivity index (χ2v) is 6.26. The van der Waals surface area contributed by atoms with Crippen molar-refractivity contribution in [1.29, 1.82) is 0 Å². The molecular weight excluding hydrogens is 164 g/mol. The third-order valence-corrected chi connectivity index (χ3v) is 5.59. The lowest BCUT2D eigenvalue weighted by atomic mass is 10.0. The van der Waals surface area contributed by atoms with Crippen molar-refractivity contribution in [3.63, 3.8) is 0 Å². The minimum Gasteiger partial charge on any atom is -0.158 e. The van der Waals surface area contributed by atoms with Crippen molar-refractivity contribution in [2.24, 2.45) is 17.8 Å².